The van der Waals surface area contributed by atoms with Crippen LogP contribution in [0.4, 0.5) is 11.4 Å². The number of benzene rings is 1. The van der Waals surface area contributed by atoms with E-state index in [4.69, 9.17) is 0 Å². The van der Waals surface area contributed by atoms with Gasteiger partial charge in [0.15, 0.2) is 0 Å². The van der Waals surface area contributed by atoms with Crippen LogP contribution in [0.25, 0.3) is 0 Å². The molecule has 1 heterocycles. The number of rotatable bonds is 7. The zero-order valence-corrected chi connectivity index (χ0v) is 12.0. The van der Waals surface area contributed by atoms with Crippen LogP contribution in [0.2, 0.25) is 0 Å². The number of nitrogens with one attached hydrogen (secondary N) is 2. The largest absolute Gasteiger partial charge is 0.319 e. The van der Waals surface area contributed by atoms with Crippen molar-refractivity contribution in [1.29, 1.82) is 0 Å². The Morgan fingerprint density at radius 3 is 2.76 bits per heavy atom. The van der Waals surface area contributed by atoms with Crippen LogP contribution in [-0.2, 0) is 4.79 Å². The van der Waals surface area contributed by atoms with Gasteiger partial charge in [-0.05, 0) is 19.0 Å². The van der Waals surface area contributed by atoms with Crippen molar-refractivity contribution in [2.75, 3.05) is 31.5 Å². The highest BCUT2D eigenvalue weighted by atomic mass is 16.6. The second kappa shape index (κ2) is 7.14. The summed E-state index contributed by atoms with van der Waals surface area (Å²) in [7, 11) is 0. The number of anilines is 1. The minimum absolute atomic E-state index is 0.0850. The minimum Gasteiger partial charge on any atom is -0.319 e. The molecule has 7 heteroatoms. The molecule has 2 rings (SSSR count). The number of hydrogen-bond donors (Lipinski definition) is 2. The van der Waals surface area contributed by atoms with Gasteiger partial charge in [-0.15, -0.1) is 0 Å². The molecule has 114 valence electrons. The maximum atomic E-state index is 12.1. The number of carbonyl (C=O) groups is 1. The molecule has 0 saturated carbocycles. The molecule has 0 bridgehead atoms. The SMILES string of the molecule is CCCN(CC(=O)Nc1ccccc1[N+](=O)[O-])C1CNC1. The zero-order valence-electron chi connectivity index (χ0n) is 12.0. The molecule has 1 aromatic carbocycles. The molecule has 0 aromatic heterocycles. The Bertz CT molecular complexity index is 517. The van der Waals surface area contributed by atoms with Crippen molar-refractivity contribution < 1.29 is 9.72 Å². The number of nitro benzene ring substituents is 1. The summed E-state index contributed by atoms with van der Waals surface area (Å²) in [5.41, 5.74) is 0.161. The highest BCUT2D eigenvalue weighted by molar-refractivity contribution is 5.94. The number of nitro groups is 1. The third-order valence-corrected chi connectivity index (χ3v) is 3.51. The topological polar surface area (TPSA) is 87.5 Å². The van der Waals surface area contributed by atoms with Gasteiger partial charge in [-0.25, -0.2) is 0 Å². The number of carbonyl (C=O) groups excluding carboxylic acids is 1. The highest BCUT2D eigenvalue weighted by Crippen LogP contribution is 2.23. The lowest BCUT2D eigenvalue weighted by molar-refractivity contribution is -0.383. The lowest BCUT2D eigenvalue weighted by Crippen LogP contribution is -2.58. The molecular formula is C14H20N4O3. The van der Waals surface area contributed by atoms with Gasteiger partial charge >= 0.3 is 0 Å². The molecule has 1 aliphatic heterocycles. The quantitative estimate of drug-likeness (QED) is 0.583. The number of nitrogens with zero attached hydrogens (tertiary/aromatic N) is 2. The van der Waals surface area contributed by atoms with Gasteiger partial charge in [-0.1, -0.05) is 19.1 Å². The fourth-order valence-corrected chi connectivity index (χ4v) is 2.32. The van der Waals surface area contributed by atoms with Crippen molar-refractivity contribution in [1.82, 2.24) is 10.2 Å². The minimum atomic E-state index is -0.491. The third-order valence-electron chi connectivity index (χ3n) is 3.51. The molecule has 0 atom stereocenters. The molecule has 1 aromatic rings. The van der Waals surface area contributed by atoms with Gasteiger partial charge in [-0.3, -0.25) is 19.8 Å². The van der Waals surface area contributed by atoms with Crippen molar-refractivity contribution >= 4 is 17.3 Å². The molecule has 1 fully saturated rings. The molecule has 1 saturated heterocycles. The molecule has 7 nitrogen and oxygen atoms in total. The number of para-hydroxylation sites is 2. The predicted molar refractivity (Wildman–Crippen MR) is 80.2 cm³/mol. The van der Waals surface area contributed by atoms with Gasteiger partial charge in [0.1, 0.15) is 5.69 Å². The Hall–Kier alpha value is -1.99. The highest BCUT2D eigenvalue weighted by Gasteiger charge is 2.26. The molecule has 0 unspecified atom stereocenters. The van der Waals surface area contributed by atoms with Gasteiger partial charge in [0.05, 0.1) is 11.5 Å². The van der Waals surface area contributed by atoms with Crippen molar-refractivity contribution in [3.63, 3.8) is 0 Å². The summed E-state index contributed by atoms with van der Waals surface area (Å²) in [6, 6.07) is 6.56. The predicted octanol–water partition coefficient (Wildman–Crippen LogP) is 1.22. The average Bonchev–Trinajstić information content (AvgIpc) is 2.37. The van der Waals surface area contributed by atoms with E-state index in [1.165, 1.54) is 6.07 Å². The van der Waals surface area contributed by atoms with E-state index in [0.717, 1.165) is 26.1 Å². The monoisotopic (exact) mass is 292 g/mol. The molecule has 0 spiro atoms. The first-order valence-electron chi connectivity index (χ1n) is 7.10. The standard InChI is InChI=1S/C14H20N4O3/c1-2-7-17(11-8-15-9-11)10-14(19)16-12-5-3-4-6-13(12)18(20)21/h3-6,11,15H,2,7-10H2,1H3,(H,16,19). The van der Waals surface area contributed by atoms with E-state index >= 15 is 0 Å². The van der Waals surface area contributed by atoms with Crippen molar-refractivity contribution in [2.45, 2.75) is 19.4 Å². The molecule has 1 aliphatic rings. The normalized spacial score (nSPS) is 14.8. The smallest absolute Gasteiger partial charge is 0.292 e. The van der Waals surface area contributed by atoms with E-state index < -0.39 is 4.92 Å². The first kappa shape index (κ1) is 15.4. The van der Waals surface area contributed by atoms with Crippen LogP contribution in [-0.4, -0.2) is 48.0 Å². The summed E-state index contributed by atoms with van der Waals surface area (Å²) in [6.07, 6.45) is 0.968. The van der Waals surface area contributed by atoms with E-state index in [0.29, 0.717) is 6.04 Å². The first-order valence-corrected chi connectivity index (χ1v) is 7.10. The van der Waals surface area contributed by atoms with Crippen LogP contribution >= 0.6 is 0 Å². The van der Waals surface area contributed by atoms with E-state index in [1.54, 1.807) is 18.2 Å². The van der Waals surface area contributed by atoms with Crippen LogP contribution in [0.1, 0.15) is 13.3 Å². The molecule has 0 aliphatic carbocycles. The van der Waals surface area contributed by atoms with Gasteiger partial charge in [0.2, 0.25) is 5.91 Å². The zero-order chi connectivity index (χ0) is 15.2. The van der Waals surface area contributed by atoms with Gasteiger partial charge in [0.25, 0.3) is 5.69 Å². The summed E-state index contributed by atoms with van der Waals surface area (Å²) in [4.78, 5) is 24.7. The van der Waals surface area contributed by atoms with Gasteiger partial charge in [0, 0.05) is 25.2 Å². The van der Waals surface area contributed by atoms with Crippen molar-refractivity contribution in [3.05, 3.63) is 34.4 Å². The van der Waals surface area contributed by atoms with E-state index in [1.807, 2.05) is 0 Å². The van der Waals surface area contributed by atoms with E-state index in [2.05, 4.69) is 22.5 Å². The van der Waals surface area contributed by atoms with Crippen LogP contribution in [0.3, 0.4) is 0 Å². The molecule has 2 N–H and O–H groups in total. The maximum absolute atomic E-state index is 12.1. The van der Waals surface area contributed by atoms with Gasteiger partial charge < -0.3 is 10.6 Å². The summed E-state index contributed by atoms with van der Waals surface area (Å²) in [5.74, 6) is -0.218. The second-order valence-electron chi connectivity index (χ2n) is 5.10. The fraction of sp³-hybridized carbons (Fsp3) is 0.500. The second-order valence-corrected chi connectivity index (χ2v) is 5.10. The fourth-order valence-electron chi connectivity index (χ4n) is 2.32. The lowest BCUT2D eigenvalue weighted by Gasteiger charge is -2.37. The molecule has 0 radical (unpaired) electrons. The van der Waals surface area contributed by atoms with Crippen molar-refractivity contribution in [3.8, 4) is 0 Å². The van der Waals surface area contributed by atoms with Crippen molar-refractivity contribution in [2.24, 2.45) is 0 Å². The summed E-state index contributed by atoms with van der Waals surface area (Å²) < 4.78 is 0. The third kappa shape index (κ3) is 3.99. The summed E-state index contributed by atoms with van der Waals surface area (Å²) in [6.45, 7) is 4.94. The van der Waals surface area contributed by atoms with Crippen LogP contribution in [0, 0.1) is 10.1 Å². The van der Waals surface area contributed by atoms with E-state index in [9.17, 15) is 14.9 Å². The summed E-state index contributed by atoms with van der Waals surface area (Å²) >= 11 is 0. The first-order chi connectivity index (χ1) is 10.1. The number of hydrogen-bond acceptors (Lipinski definition) is 5. The Morgan fingerprint density at radius 1 is 1.48 bits per heavy atom. The molecular weight excluding hydrogens is 272 g/mol. The van der Waals surface area contributed by atoms with Gasteiger partial charge in [-0.2, -0.15) is 0 Å². The number of amides is 1. The van der Waals surface area contributed by atoms with Crippen LogP contribution in [0.5, 0.6) is 0 Å². The average molecular weight is 292 g/mol. The summed E-state index contributed by atoms with van der Waals surface area (Å²) in [5, 5.41) is 16.8. The molecule has 21 heavy (non-hydrogen) atoms. The van der Waals surface area contributed by atoms with E-state index in [-0.39, 0.29) is 23.8 Å². The molecule has 1 amide bonds. The maximum Gasteiger partial charge on any atom is 0.292 e. The van der Waals surface area contributed by atoms with Crippen LogP contribution in [0.15, 0.2) is 24.3 Å². The Morgan fingerprint density at radius 2 is 2.19 bits per heavy atom. The lowest BCUT2D eigenvalue weighted by atomic mass is 10.1. The Labute approximate surface area is 123 Å². The Balaban J connectivity index is 1.98. The van der Waals surface area contributed by atoms with Crippen LogP contribution < -0.4 is 10.6 Å². The Kier molecular flexibility index (Phi) is 5.24.